The van der Waals surface area contributed by atoms with Crippen LogP contribution in [-0.4, -0.2) is 25.0 Å². The smallest absolute Gasteiger partial charge is 0.351 e. The number of benzene rings is 1. The molecule has 8 heteroatoms. The highest BCUT2D eigenvalue weighted by molar-refractivity contribution is 5.94. The van der Waals surface area contributed by atoms with Crippen molar-refractivity contribution >= 4 is 18.3 Å². The van der Waals surface area contributed by atoms with E-state index >= 15 is 0 Å². The third-order valence-corrected chi connectivity index (χ3v) is 2.91. The van der Waals surface area contributed by atoms with Gasteiger partial charge in [0.2, 0.25) is 0 Å². The van der Waals surface area contributed by atoms with Crippen molar-refractivity contribution in [2.75, 3.05) is 13.1 Å². The first-order chi connectivity index (χ1) is 9.36. The van der Waals surface area contributed by atoms with E-state index in [1.807, 2.05) is 0 Å². The zero-order valence-electron chi connectivity index (χ0n) is 11.0. The summed E-state index contributed by atoms with van der Waals surface area (Å²) in [5, 5.41) is 5.59. The highest BCUT2D eigenvalue weighted by Gasteiger charge is 2.32. The first-order valence-corrected chi connectivity index (χ1v) is 6.25. The largest absolute Gasteiger partial charge is 0.416 e. The second-order valence-electron chi connectivity index (χ2n) is 4.71. The van der Waals surface area contributed by atoms with Gasteiger partial charge in [-0.3, -0.25) is 4.79 Å². The van der Waals surface area contributed by atoms with Crippen molar-refractivity contribution in [3.8, 4) is 0 Å². The number of rotatable bonds is 5. The molecule has 1 aromatic rings. The Kier molecular flexibility index (Phi) is 5.98. The summed E-state index contributed by atoms with van der Waals surface area (Å²) in [6.45, 7) is 0.824. The Morgan fingerprint density at radius 1 is 1.19 bits per heavy atom. The lowest BCUT2D eigenvalue weighted by atomic mass is 10.1. The first kappa shape index (κ1) is 17.7. The minimum atomic E-state index is -4.68. The molecule has 0 aromatic heterocycles. The Labute approximate surface area is 125 Å². The molecular weight excluding hydrogens is 312 g/mol. The molecule has 1 amide bonds. The molecule has 0 heterocycles. The van der Waals surface area contributed by atoms with Crippen LogP contribution in [0, 0.1) is 5.82 Å². The van der Waals surface area contributed by atoms with E-state index in [1.54, 1.807) is 0 Å². The molecule has 2 N–H and O–H groups in total. The highest BCUT2D eigenvalue weighted by atomic mass is 35.5. The van der Waals surface area contributed by atoms with Crippen LogP contribution in [0.5, 0.6) is 0 Å². The number of halogens is 5. The van der Waals surface area contributed by atoms with Gasteiger partial charge in [-0.15, -0.1) is 12.4 Å². The summed E-state index contributed by atoms with van der Waals surface area (Å²) >= 11 is 0. The summed E-state index contributed by atoms with van der Waals surface area (Å²) in [5.74, 6) is -1.80. The summed E-state index contributed by atoms with van der Waals surface area (Å²) in [7, 11) is 0. The van der Waals surface area contributed by atoms with Crippen molar-refractivity contribution in [2.45, 2.75) is 25.1 Å². The van der Waals surface area contributed by atoms with E-state index in [1.165, 1.54) is 0 Å². The molecule has 3 nitrogen and oxygen atoms in total. The molecule has 0 spiro atoms. The molecule has 118 valence electrons. The molecule has 0 radical (unpaired) electrons. The molecule has 0 atom stereocenters. The second kappa shape index (κ2) is 7.09. The van der Waals surface area contributed by atoms with Gasteiger partial charge in [0.25, 0.3) is 5.91 Å². The average molecular weight is 327 g/mol. The summed E-state index contributed by atoms with van der Waals surface area (Å²) < 4.78 is 50.6. The molecule has 1 saturated carbocycles. The Hall–Kier alpha value is -1.34. The second-order valence-corrected chi connectivity index (χ2v) is 4.71. The van der Waals surface area contributed by atoms with Gasteiger partial charge in [-0.05, 0) is 31.0 Å². The van der Waals surface area contributed by atoms with E-state index in [-0.39, 0.29) is 24.5 Å². The quantitative estimate of drug-likeness (QED) is 0.645. The predicted molar refractivity (Wildman–Crippen MR) is 72.0 cm³/mol. The van der Waals surface area contributed by atoms with Gasteiger partial charge in [0.15, 0.2) is 0 Å². The Bertz CT molecular complexity index is 503. The summed E-state index contributed by atoms with van der Waals surface area (Å²) in [4.78, 5) is 11.7. The summed E-state index contributed by atoms with van der Waals surface area (Å²) in [6, 6.07) is 2.29. The molecule has 1 aromatic carbocycles. The van der Waals surface area contributed by atoms with Crippen molar-refractivity contribution in [1.82, 2.24) is 10.6 Å². The maximum Gasteiger partial charge on any atom is 0.416 e. The number of nitrogens with one attached hydrogen (secondary N) is 2. The van der Waals surface area contributed by atoms with Crippen LogP contribution < -0.4 is 10.6 Å². The number of carbonyl (C=O) groups is 1. The third kappa shape index (κ3) is 5.51. The lowest BCUT2D eigenvalue weighted by molar-refractivity contribution is -0.137. The molecule has 0 saturated heterocycles. The lowest BCUT2D eigenvalue weighted by Crippen LogP contribution is -2.32. The number of hydrogen-bond donors (Lipinski definition) is 2. The average Bonchev–Trinajstić information content (AvgIpc) is 3.16. The van der Waals surface area contributed by atoms with Gasteiger partial charge in [-0.25, -0.2) is 4.39 Å². The van der Waals surface area contributed by atoms with E-state index in [2.05, 4.69) is 10.6 Å². The van der Waals surface area contributed by atoms with Crippen LogP contribution in [0.25, 0.3) is 0 Å². The van der Waals surface area contributed by atoms with Gasteiger partial charge in [0.05, 0.1) is 5.56 Å². The Morgan fingerprint density at radius 3 is 2.43 bits per heavy atom. The molecule has 1 aliphatic rings. The minimum absolute atomic E-state index is 0. The van der Waals surface area contributed by atoms with Crippen LogP contribution in [0.15, 0.2) is 18.2 Å². The molecule has 1 aliphatic carbocycles. The fourth-order valence-electron chi connectivity index (χ4n) is 1.73. The zero-order chi connectivity index (χ0) is 14.8. The van der Waals surface area contributed by atoms with Gasteiger partial charge in [0, 0.05) is 24.7 Å². The Balaban J connectivity index is 0.00000220. The van der Waals surface area contributed by atoms with Gasteiger partial charge in [-0.1, -0.05) is 0 Å². The highest BCUT2D eigenvalue weighted by Crippen LogP contribution is 2.30. The third-order valence-electron chi connectivity index (χ3n) is 2.91. The fraction of sp³-hybridized carbons (Fsp3) is 0.462. The zero-order valence-corrected chi connectivity index (χ0v) is 11.8. The summed E-state index contributed by atoms with van der Waals surface area (Å²) in [6.07, 6.45) is -2.47. The fourth-order valence-corrected chi connectivity index (χ4v) is 1.73. The molecule has 0 bridgehead atoms. The predicted octanol–water partition coefficient (Wildman–Crippen LogP) is 2.75. The maximum atomic E-state index is 13.1. The topological polar surface area (TPSA) is 41.1 Å². The van der Waals surface area contributed by atoms with E-state index < -0.39 is 23.5 Å². The van der Waals surface area contributed by atoms with Crippen LogP contribution in [0.2, 0.25) is 0 Å². The van der Waals surface area contributed by atoms with Gasteiger partial charge in [0.1, 0.15) is 5.82 Å². The van der Waals surface area contributed by atoms with Crippen LogP contribution in [-0.2, 0) is 6.18 Å². The monoisotopic (exact) mass is 326 g/mol. The first-order valence-electron chi connectivity index (χ1n) is 6.25. The van der Waals surface area contributed by atoms with Gasteiger partial charge in [-0.2, -0.15) is 13.2 Å². The van der Waals surface area contributed by atoms with Gasteiger partial charge < -0.3 is 10.6 Å². The number of hydrogen-bond acceptors (Lipinski definition) is 2. The van der Waals surface area contributed by atoms with Gasteiger partial charge >= 0.3 is 6.18 Å². The molecule has 1 fully saturated rings. The van der Waals surface area contributed by atoms with Crippen molar-refractivity contribution in [1.29, 1.82) is 0 Å². The van der Waals surface area contributed by atoms with Crippen LogP contribution >= 0.6 is 12.4 Å². The molecule has 21 heavy (non-hydrogen) atoms. The molecular formula is C13H15ClF4N2O. The van der Waals surface area contributed by atoms with Crippen molar-refractivity contribution in [3.05, 3.63) is 35.1 Å². The minimum Gasteiger partial charge on any atom is -0.351 e. The van der Waals surface area contributed by atoms with Crippen LogP contribution in [0.4, 0.5) is 17.6 Å². The molecule has 0 unspecified atom stereocenters. The van der Waals surface area contributed by atoms with E-state index in [0.29, 0.717) is 24.7 Å². The summed E-state index contributed by atoms with van der Waals surface area (Å²) in [5.41, 5.74) is -1.50. The number of amides is 1. The van der Waals surface area contributed by atoms with Crippen molar-refractivity contribution in [2.24, 2.45) is 0 Å². The van der Waals surface area contributed by atoms with Crippen LogP contribution in [0.1, 0.15) is 28.8 Å². The van der Waals surface area contributed by atoms with E-state index in [4.69, 9.17) is 0 Å². The normalized spacial score (nSPS) is 14.5. The van der Waals surface area contributed by atoms with Crippen molar-refractivity contribution < 1.29 is 22.4 Å². The number of carbonyl (C=O) groups excluding carboxylic acids is 1. The van der Waals surface area contributed by atoms with E-state index in [0.717, 1.165) is 18.9 Å². The van der Waals surface area contributed by atoms with Crippen molar-refractivity contribution in [3.63, 3.8) is 0 Å². The molecule has 0 aliphatic heterocycles. The van der Waals surface area contributed by atoms with Crippen LogP contribution in [0.3, 0.4) is 0 Å². The Morgan fingerprint density at radius 2 is 1.86 bits per heavy atom. The number of alkyl halides is 3. The lowest BCUT2D eigenvalue weighted by Gasteiger charge is -2.10. The maximum absolute atomic E-state index is 13.1. The van der Waals surface area contributed by atoms with E-state index in [9.17, 15) is 22.4 Å². The SMILES string of the molecule is Cl.O=C(NCCNC1CC1)c1cc(F)cc(C(F)(F)F)c1. The molecule has 2 rings (SSSR count). The standard InChI is InChI=1S/C13H14F4N2O.ClH/c14-10-6-8(5-9(7-10)13(15,16)17)12(20)19-4-3-18-11-1-2-11;/h5-7,11,18H,1-4H2,(H,19,20);1H.